The van der Waals surface area contributed by atoms with Gasteiger partial charge < -0.3 is 14.8 Å². The number of carbonyl (C=O) groups is 1. The van der Waals surface area contributed by atoms with E-state index in [0.717, 1.165) is 37.7 Å². The molecule has 0 bridgehead atoms. The van der Waals surface area contributed by atoms with Gasteiger partial charge in [0.15, 0.2) is 0 Å². The number of carbonyl (C=O) groups excluding carboxylic acids is 1. The maximum absolute atomic E-state index is 12.1. The number of amides is 1. The Kier molecular flexibility index (Phi) is 4.92. The maximum Gasteiger partial charge on any atom is 0.234 e. The number of anilines is 1. The van der Waals surface area contributed by atoms with Crippen LogP contribution in [0.15, 0.2) is 42.7 Å². The lowest BCUT2D eigenvalue weighted by Gasteiger charge is -2.34. The van der Waals surface area contributed by atoms with Gasteiger partial charge in [-0.15, -0.1) is 0 Å². The summed E-state index contributed by atoms with van der Waals surface area (Å²) < 4.78 is 2.03. The topological polar surface area (TPSA) is 53.4 Å². The molecule has 1 aliphatic heterocycles. The van der Waals surface area contributed by atoms with Crippen molar-refractivity contribution in [2.45, 2.75) is 6.54 Å². The van der Waals surface area contributed by atoms with Crippen LogP contribution in [-0.4, -0.2) is 53.1 Å². The molecule has 0 radical (unpaired) electrons. The quantitative estimate of drug-likeness (QED) is 0.889. The molecule has 0 atom stereocenters. The first-order chi connectivity index (χ1) is 11.2. The Bertz CT molecular complexity index is 631. The average Bonchev–Trinajstić information content (AvgIpc) is 3.01. The zero-order valence-electron chi connectivity index (χ0n) is 13.5. The molecule has 122 valence electrons. The smallest absolute Gasteiger partial charge is 0.234 e. The lowest BCUT2D eigenvalue weighted by atomic mass is 10.2. The van der Waals surface area contributed by atoms with Crippen molar-refractivity contribution >= 4 is 11.9 Å². The van der Waals surface area contributed by atoms with Crippen LogP contribution in [0.4, 0.5) is 5.95 Å². The highest BCUT2D eigenvalue weighted by atomic mass is 16.2. The number of hydrogen-bond acceptors (Lipinski definition) is 4. The minimum absolute atomic E-state index is 0.0827. The summed E-state index contributed by atoms with van der Waals surface area (Å²) in [6.45, 7) is 4.61. The van der Waals surface area contributed by atoms with Gasteiger partial charge in [0.25, 0.3) is 0 Å². The highest BCUT2D eigenvalue weighted by molar-refractivity contribution is 5.78. The summed E-state index contributed by atoms with van der Waals surface area (Å²) in [5.41, 5.74) is 1.13. The number of aryl methyl sites for hydroxylation is 1. The van der Waals surface area contributed by atoms with Crippen molar-refractivity contribution in [3.63, 3.8) is 0 Å². The van der Waals surface area contributed by atoms with Gasteiger partial charge >= 0.3 is 0 Å². The zero-order valence-corrected chi connectivity index (χ0v) is 13.5. The fourth-order valence-corrected chi connectivity index (χ4v) is 2.82. The molecule has 6 heteroatoms. The highest BCUT2D eigenvalue weighted by Crippen LogP contribution is 2.12. The SMILES string of the molecule is Cn1ccnc1N1CCN(CC(=O)NCc2ccccc2)CC1. The molecule has 2 aromatic rings. The van der Waals surface area contributed by atoms with Gasteiger partial charge in [-0.05, 0) is 5.56 Å². The van der Waals surface area contributed by atoms with E-state index in [2.05, 4.69) is 20.1 Å². The summed E-state index contributed by atoms with van der Waals surface area (Å²) in [7, 11) is 2.01. The monoisotopic (exact) mass is 313 g/mol. The third-order valence-electron chi connectivity index (χ3n) is 4.15. The first kappa shape index (κ1) is 15.6. The predicted molar refractivity (Wildman–Crippen MR) is 90.1 cm³/mol. The molecule has 0 aliphatic carbocycles. The van der Waals surface area contributed by atoms with Crippen LogP contribution < -0.4 is 10.2 Å². The number of nitrogens with zero attached hydrogens (tertiary/aromatic N) is 4. The largest absolute Gasteiger partial charge is 0.351 e. The Balaban J connectivity index is 1.42. The summed E-state index contributed by atoms with van der Waals surface area (Å²) in [6.07, 6.45) is 3.78. The molecule has 1 aliphatic rings. The molecule has 1 aromatic carbocycles. The van der Waals surface area contributed by atoms with Crippen molar-refractivity contribution in [3.05, 3.63) is 48.3 Å². The Morgan fingerprint density at radius 1 is 1.17 bits per heavy atom. The summed E-state index contributed by atoms with van der Waals surface area (Å²) in [5.74, 6) is 1.08. The second-order valence-electron chi connectivity index (χ2n) is 5.86. The van der Waals surface area contributed by atoms with E-state index in [9.17, 15) is 4.79 Å². The fourth-order valence-electron chi connectivity index (χ4n) is 2.82. The lowest BCUT2D eigenvalue weighted by Crippen LogP contribution is -2.50. The van der Waals surface area contributed by atoms with Gasteiger partial charge in [-0.1, -0.05) is 30.3 Å². The van der Waals surface area contributed by atoms with E-state index in [-0.39, 0.29) is 5.91 Å². The Hall–Kier alpha value is -2.34. The van der Waals surface area contributed by atoms with Crippen molar-refractivity contribution in [1.82, 2.24) is 19.8 Å². The molecule has 0 unspecified atom stereocenters. The molecule has 0 saturated carbocycles. The first-order valence-corrected chi connectivity index (χ1v) is 7.97. The van der Waals surface area contributed by atoms with Crippen molar-refractivity contribution < 1.29 is 4.79 Å². The summed E-state index contributed by atoms with van der Waals surface area (Å²) in [6, 6.07) is 9.99. The molecule has 1 amide bonds. The van der Waals surface area contributed by atoms with Crippen LogP contribution in [-0.2, 0) is 18.4 Å². The van der Waals surface area contributed by atoms with E-state index in [1.54, 1.807) is 0 Å². The second-order valence-corrected chi connectivity index (χ2v) is 5.86. The van der Waals surface area contributed by atoms with Crippen LogP contribution in [0.25, 0.3) is 0 Å². The second kappa shape index (κ2) is 7.28. The average molecular weight is 313 g/mol. The van der Waals surface area contributed by atoms with E-state index in [0.29, 0.717) is 13.1 Å². The Morgan fingerprint density at radius 2 is 1.91 bits per heavy atom. The van der Waals surface area contributed by atoms with Gasteiger partial charge in [0, 0.05) is 52.2 Å². The van der Waals surface area contributed by atoms with Crippen molar-refractivity contribution in [3.8, 4) is 0 Å². The summed E-state index contributed by atoms with van der Waals surface area (Å²) >= 11 is 0. The first-order valence-electron chi connectivity index (χ1n) is 7.97. The van der Waals surface area contributed by atoms with Crippen LogP contribution >= 0.6 is 0 Å². The molecular weight excluding hydrogens is 290 g/mol. The summed E-state index contributed by atoms with van der Waals surface area (Å²) in [4.78, 5) is 20.9. The minimum atomic E-state index is 0.0827. The van der Waals surface area contributed by atoms with Crippen LogP contribution in [0.3, 0.4) is 0 Å². The molecule has 6 nitrogen and oxygen atoms in total. The van der Waals surface area contributed by atoms with E-state index >= 15 is 0 Å². The highest BCUT2D eigenvalue weighted by Gasteiger charge is 2.20. The van der Waals surface area contributed by atoms with E-state index < -0.39 is 0 Å². The van der Waals surface area contributed by atoms with E-state index in [1.807, 2.05) is 54.3 Å². The third-order valence-corrected chi connectivity index (χ3v) is 4.15. The standard InChI is InChI=1S/C17H23N5O/c1-20-8-7-18-17(20)22-11-9-21(10-12-22)14-16(23)19-13-15-5-3-2-4-6-15/h2-8H,9-14H2,1H3,(H,19,23). The number of imidazole rings is 1. The molecule has 2 heterocycles. The molecule has 1 aromatic heterocycles. The molecule has 1 N–H and O–H groups in total. The van der Waals surface area contributed by atoms with E-state index in [4.69, 9.17) is 0 Å². The van der Waals surface area contributed by atoms with Crippen LogP contribution in [0.2, 0.25) is 0 Å². The number of benzene rings is 1. The Labute approximate surface area is 136 Å². The van der Waals surface area contributed by atoms with Crippen molar-refractivity contribution in [2.75, 3.05) is 37.6 Å². The molecular formula is C17H23N5O. The fraction of sp³-hybridized carbons (Fsp3) is 0.412. The van der Waals surface area contributed by atoms with Gasteiger partial charge in [0.05, 0.1) is 6.54 Å². The molecule has 23 heavy (non-hydrogen) atoms. The van der Waals surface area contributed by atoms with Gasteiger partial charge in [-0.25, -0.2) is 4.98 Å². The number of piperazine rings is 1. The van der Waals surface area contributed by atoms with E-state index in [1.165, 1.54) is 0 Å². The summed E-state index contributed by atoms with van der Waals surface area (Å²) in [5, 5.41) is 2.98. The predicted octanol–water partition coefficient (Wildman–Crippen LogP) is 0.858. The van der Waals surface area contributed by atoms with Gasteiger partial charge in [0.2, 0.25) is 11.9 Å². The molecule has 3 rings (SSSR count). The molecule has 1 saturated heterocycles. The number of aromatic nitrogens is 2. The van der Waals surface area contributed by atoms with Crippen LogP contribution in [0, 0.1) is 0 Å². The van der Waals surface area contributed by atoms with Gasteiger partial charge in [-0.3, -0.25) is 9.69 Å². The van der Waals surface area contributed by atoms with Gasteiger partial charge in [-0.2, -0.15) is 0 Å². The van der Waals surface area contributed by atoms with Crippen LogP contribution in [0.5, 0.6) is 0 Å². The van der Waals surface area contributed by atoms with Crippen molar-refractivity contribution in [1.29, 1.82) is 0 Å². The normalized spacial score (nSPS) is 15.6. The lowest BCUT2D eigenvalue weighted by molar-refractivity contribution is -0.122. The number of rotatable bonds is 5. The van der Waals surface area contributed by atoms with Crippen LogP contribution in [0.1, 0.15) is 5.56 Å². The Morgan fingerprint density at radius 3 is 2.57 bits per heavy atom. The molecule has 1 fully saturated rings. The zero-order chi connectivity index (χ0) is 16.1. The van der Waals surface area contributed by atoms with Gasteiger partial charge in [0.1, 0.15) is 0 Å². The maximum atomic E-state index is 12.1. The van der Waals surface area contributed by atoms with Crippen molar-refractivity contribution in [2.24, 2.45) is 7.05 Å². The number of hydrogen-bond donors (Lipinski definition) is 1. The number of nitrogens with one attached hydrogen (secondary N) is 1. The molecule has 0 spiro atoms. The minimum Gasteiger partial charge on any atom is -0.351 e. The third kappa shape index (κ3) is 4.10.